The van der Waals surface area contributed by atoms with Gasteiger partial charge in [-0.1, -0.05) is 205 Å². The lowest BCUT2D eigenvalue weighted by atomic mass is 9.77. The number of aromatic nitrogens is 3. The molecule has 0 saturated heterocycles. The van der Waals surface area contributed by atoms with Crippen LogP contribution in [0.15, 0.2) is 213 Å². The number of hydrogen-bond donors (Lipinski definition) is 0. The van der Waals surface area contributed by atoms with Gasteiger partial charge < -0.3 is 0 Å². The van der Waals surface area contributed by atoms with E-state index in [1.165, 1.54) is 116 Å². The minimum atomic E-state index is -0.182. The molecule has 0 atom stereocenters. The van der Waals surface area contributed by atoms with Crippen LogP contribution in [0.5, 0.6) is 0 Å². The van der Waals surface area contributed by atoms with Gasteiger partial charge in [-0.25, -0.2) is 9.97 Å². The summed E-state index contributed by atoms with van der Waals surface area (Å²) < 4.78 is 2.10. The van der Waals surface area contributed by atoms with E-state index in [1.807, 2.05) is 12.3 Å². The van der Waals surface area contributed by atoms with E-state index in [-0.39, 0.29) is 16.2 Å². The normalized spacial score (nSPS) is 14.9. The zero-order valence-electron chi connectivity index (χ0n) is 42.5. The molecule has 0 spiro atoms. The maximum atomic E-state index is 5.11. The first-order valence-electron chi connectivity index (χ1n) is 26.1. The zero-order chi connectivity index (χ0) is 49.8. The van der Waals surface area contributed by atoms with Crippen molar-refractivity contribution in [2.75, 3.05) is 0 Å². The van der Waals surface area contributed by atoms with Gasteiger partial charge in [0.05, 0.1) is 11.4 Å². The summed E-state index contributed by atoms with van der Waals surface area (Å²) in [6.07, 6.45) is 3.87. The lowest BCUT2D eigenvalue weighted by Gasteiger charge is -2.26. The van der Waals surface area contributed by atoms with Crippen molar-refractivity contribution in [3.8, 4) is 89.3 Å². The van der Waals surface area contributed by atoms with E-state index >= 15 is 0 Å². The Bertz CT molecular complexity index is 4370. The number of nitrogens with zero attached hydrogens (tertiary/aromatic N) is 3. The number of benzene rings is 10. The van der Waals surface area contributed by atoms with Crippen LogP contribution < -0.4 is 0 Å². The minimum absolute atomic E-state index is 0.145. The lowest BCUT2D eigenvalue weighted by Crippen LogP contribution is -2.15. The van der Waals surface area contributed by atoms with Gasteiger partial charge in [0.2, 0.25) is 5.78 Å². The van der Waals surface area contributed by atoms with Crippen LogP contribution in [0.4, 0.5) is 0 Å². The van der Waals surface area contributed by atoms with Crippen molar-refractivity contribution in [3.05, 3.63) is 246 Å². The molecule has 74 heavy (non-hydrogen) atoms. The molecule has 0 saturated carbocycles. The first-order valence-corrected chi connectivity index (χ1v) is 26.1. The molecule has 2 aromatic heterocycles. The summed E-state index contributed by atoms with van der Waals surface area (Å²) in [7, 11) is 0. The molecule has 12 aromatic rings. The molecule has 0 fully saturated rings. The molecule has 0 unspecified atom stereocenters. The fraction of sp³-hybridized carbons (Fsp3) is 0.127. The quantitative estimate of drug-likeness (QED) is 0.161. The van der Waals surface area contributed by atoms with Crippen LogP contribution in [0.2, 0.25) is 0 Å². The average Bonchev–Trinajstić information content (AvgIpc) is 4.12. The Kier molecular flexibility index (Phi) is 8.82. The van der Waals surface area contributed by atoms with Crippen LogP contribution in [-0.2, 0) is 16.2 Å². The summed E-state index contributed by atoms with van der Waals surface area (Å²) in [5.41, 5.74) is 27.3. The van der Waals surface area contributed by atoms with E-state index in [9.17, 15) is 0 Å². The summed E-state index contributed by atoms with van der Waals surface area (Å²) in [6.45, 7) is 14.4. The van der Waals surface area contributed by atoms with E-state index in [4.69, 9.17) is 4.98 Å². The van der Waals surface area contributed by atoms with Crippen LogP contribution in [-0.4, -0.2) is 14.4 Å². The second-order valence-corrected chi connectivity index (χ2v) is 22.5. The molecule has 0 bridgehead atoms. The monoisotopic (exact) mass is 947 g/mol. The molecule has 352 valence electrons. The average molecular weight is 948 g/mol. The van der Waals surface area contributed by atoms with Crippen molar-refractivity contribution in [2.24, 2.45) is 0 Å². The molecule has 0 amide bonds. The van der Waals surface area contributed by atoms with Crippen LogP contribution in [0.3, 0.4) is 0 Å². The largest absolute Gasteiger partial charge is 0.283 e. The van der Waals surface area contributed by atoms with Crippen molar-refractivity contribution in [2.45, 2.75) is 57.8 Å². The summed E-state index contributed by atoms with van der Waals surface area (Å²) in [6, 6.07) is 75.6. The third-order valence-corrected chi connectivity index (χ3v) is 17.5. The molecular formula is C71H53N3. The Labute approximate surface area is 432 Å². The molecular weight excluding hydrogens is 895 g/mol. The predicted octanol–water partition coefficient (Wildman–Crippen LogP) is 18.3. The SMILES string of the molecule is CC1(C)c2ccccc2-c2ccc(-c3c4ccc(-c5ccc(-c6nc7ncccn7c6-c6ccccc6)cc5)cc4c(-c4ccc5c(c4)C(C)(C)c4ccccc4-5)c4cc5c(cc34)-c3ccccc3C5(C)C)cc21. The second-order valence-electron chi connectivity index (χ2n) is 22.5. The van der Waals surface area contributed by atoms with Gasteiger partial charge in [0.15, 0.2) is 0 Å². The number of hydrogen-bond acceptors (Lipinski definition) is 2. The van der Waals surface area contributed by atoms with Gasteiger partial charge in [-0.15, -0.1) is 0 Å². The van der Waals surface area contributed by atoms with E-state index in [0.717, 1.165) is 28.1 Å². The van der Waals surface area contributed by atoms with E-state index < -0.39 is 0 Å². The fourth-order valence-corrected chi connectivity index (χ4v) is 13.7. The smallest absolute Gasteiger partial charge is 0.234 e. The number of imidazole rings is 1. The molecule has 3 heteroatoms. The third kappa shape index (κ3) is 5.90. The van der Waals surface area contributed by atoms with E-state index in [1.54, 1.807) is 0 Å². The third-order valence-electron chi connectivity index (χ3n) is 17.5. The molecule has 0 radical (unpaired) electrons. The molecule has 3 aliphatic rings. The van der Waals surface area contributed by atoms with Crippen molar-refractivity contribution < 1.29 is 0 Å². The number of rotatable bonds is 5. The Morgan fingerprint density at radius 1 is 0.324 bits per heavy atom. The predicted molar refractivity (Wildman–Crippen MR) is 308 cm³/mol. The molecule has 0 N–H and O–H groups in total. The highest BCUT2D eigenvalue weighted by Crippen LogP contribution is 2.57. The summed E-state index contributed by atoms with van der Waals surface area (Å²) in [4.78, 5) is 9.76. The molecule has 15 rings (SSSR count). The molecule has 2 heterocycles. The lowest BCUT2D eigenvalue weighted by molar-refractivity contribution is 0.660. The van der Waals surface area contributed by atoms with Gasteiger partial charge in [-0.3, -0.25) is 4.40 Å². The van der Waals surface area contributed by atoms with Crippen molar-refractivity contribution in [1.82, 2.24) is 14.4 Å². The summed E-state index contributed by atoms with van der Waals surface area (Å²) in [5, 5.41) is 5.06. The van der Waals surface area contributed by atoms with Crippen molar-refractivity contribution in [1.29, 1.82) is 0 Å². The summed E-state index contributed by atoms with van der Waals surface area (Å²) in [5.74, 6) is 0.684. The Hall–Kier alpha value is -8.66. The van der Waals surface area contributed by atoms with Gasteiger partial charge >= 0.3 is 0 Å². The van der Waals surface area contributed by atoms with E-state index in [2.05, 4.69) is 251 Å². The number of fused-ring (bicyclic) bond motifs is 12. The van der Waals surface area contributed by atoms with Crippen molar-refractivity contribution in [3.63, 3.8) is 0 Å². The highest BCUT2D eigenvalue weighted by Gasteiger charge is 2.39. The zero-order valence-corrected chi connectivity index (χ0v) is 42.5. The van der Waals surface area contributed by atoms with Gasteiger partial charge in [-0.2, -0.15) is 0 Å². The first kappa shape index (κ1) is 43.0. The molecule has 3 aliphatic carbocycles. The topological polar surface area (TPSA) is 30.2 Å². The Balaban J connectivity index is 1.00. The Morgan fingerprint density at radius 3 is 1.39 bits per heavy atom. The molecule has 0 aliphatic heterocycles. The maximum absolute atomic E-state index is 5.11. The van der Waals surface area contributed by atoms with Gasteiger partial charge in [0, 0.05) is 39.8 Å². The van der Waals surface area contributed by atoms with Crippen LogP contribution in [0.25, 0.3) is 117 Å². The van der Waals surface area contributed by atoms with Gasteiger partial charge in [0.25, 0.3) is 0 Å². The minimum Gasteiger partial charge on any atom is -0.283 e. The maximum Gasteiger partial charge on any atom is 0.234 e. The van der Waals surface area contributed by atoms with Gasteiger partial charge in [-0.05, 0) is 158 Å². The standard InChI is InChI=1S/C71H53N3/c1-69(2)58-22-13-10-19-48(58)51-32-30-46(38-61(51)69)64-53-34-29-45(42-25-27-43(28-26-42)66-67(44-17-8-7-9-18-44)74-36-16-35-72-68(74)73-66)37-55(53)65(47-31-33-52-49-20-11-14-23-59(49)70(3,4)62(52)39-47)57-41-63-54(40-56(57)64)50-21-12-15-24-60(50)71(63,5)6/h7-41H,1-6H3. The van der Waals surface area contributed by atoms with E-state index in [0.29, 0.717) is 5.78 Å². The fourth-order valence-electron chi connectivity index (χ4n) is 13.7. The first-order chi connectivity index (χ1) is 36.0. The molecule has 3 nitrogen and oxygen atoms in total. The second kappa shape index (κ2) is 15.2. The molecule has 10 aromatic carbocycles. The van der Waals surface area contributed by atoms with Crippen LogP contribution in [0, 0.1) is 0 Å². The van der Waals surface area contributed by atoms with Crippen molar-refractivity contribution >= 4 is 27.3 Å². The highest BCUT2D eigenvalue weighted by atomic mass is 15.1. The van der Waals surface area contributed by atoms with Gasteiger partial charge in [0.1, 0.15) is 0 Å². The summed E-state index contributed by atoms with van der Waals surface area (Å²) >= 11 is 0. The Morgan fingerprint density at radius 2 is 0.784 bits per heavy atom. The highest BCUT2D eigenvalue weighted by molar-refractivity contribution is 6.23. The van der Waals surface area contributed by atoms with Crippen LogP contribution in [0.1, 0.15) is 74.9 Å². The van der Waals surface area contributed by atoms with Crippen LogP contribution >= 0.6 is 0 Å².